The highest BCUT2D eigenvalue weighted by Gasteiger charge is 2.29. The molecule has 1 aromatic heterocycles. The van der Waals surface area contributed by atoms with Crippen LogP contribution in [0.25, 0.3) is 0 Å². The molecule has 1 unspecified atom stereocenters. The minimum absolute atomic E-state index is 0.0126. The van der Waals surface area contributed by atoms with E-state index in [0.717, 1.165) is 0 Å². The van der Waals surface area contributed by atoms with Crippen LogP contribution >= 0.6 is 15.9 Å². The molecule has 0 saturated carbocycles. The van der Waals surface area contributed by atoms with Crippen molar-refractivity contribution in [3.8, 4) is 0 Å². The molecule has 0 bridgehead atoms. The molecular weight excluding hydrogens is 329 g/mol. The molecule has 5 nitrogen and oxygen atoms in total. The summed E-state index contributed by atoms with van der Waals surface area (Å²) in [5, 5.41) is 6.45. The Kier molecular flexibility index (Phi) is 5.36. The molecule has 0 aromatic carbocycles. The summed E-state index contributed by atoms with van der Waals surface area (Å²) in [6.07, 6.45) is -2.60. The van der Waals surface area contributed by atoms with E-state index in [2.05, 4.69) is 26.3 Å². The molecule has 0 amide bonds. The first-order chi connectivity index (χ1) is 8.78. The monoisotopic (exact) mass is 342 g/mol. The Hall–Kier alpha value is -1.09. The second-order valence-electron chi connectivity index (χ2n) is 3.94. The van der Waals surface area contributed by atoms with Gasteiger partial charge in [-0.1, -0.05) is 6.92 Å². The van der Waals surface area contributed by atoms with Crippen molar-refractivity contribution in [2.75, 3.05) is 11.9 Å². The minimum atomic E-state index is -4.49. The van der Waals surface area contributed by atoms with Crippen molar-refractivity contribution in [2.45, 2.75) is 32.1 Å². The molecule has 0 fully saturated rings. The average Bonchev–Trinajstić information content (AvgIpc) is 2.33. The molecule has 19 heavy (non-hydrogen) atoms. The number of hydrogen-bond donors (Lipinski definition) is 2. The summed E-state index contributed by atoms with van der Waals surface area (Å²) in [6, 6.07) is -0.0732. The molecule has 9 heteroatoms. The molecule has 0 aliphatic heterocycles. The highest BCUT2D eigenvalue weighted by Crippen LogP contribution is 2.20. The third-order valence-electron chi connectivity index (χ3n) is 2.45. The van der Waals surface area contributed by atoms with Crippen LogP contribution < -0.4 is 16.6 Å². The van der Waals surface area contributed by atoms with Gasteiger partial charge in [0, 0.05) is 12.6 Å². The number of nitrogens with zero attached hydrogens (tertiary/aromatic N) is 2. The Balaban J connectivity index is 3.01. The molecule has 1 heterocycles. The fourth-order valence-electron chi connectivity index (χ4n) is 1.40. The third-order valence-corrected chi connectivity index (χ3v) is 3.22. The summed E-state index contributed by atoms with van der Waals surface area (Å²) in [7, 11) is 0. The van der Waals surface area contributed by atoms with Crippen LogP contribution in [0.1, 0.15) is 13.3 Å². The summed E-state index contributed by atoms with van der Waals surface area (Å²) in [4.78, 5) is 11.7. The van der Waals surface area contributed by atoms with E-state index in [0.29, 0.717) is 23.3 Å². The molecule has 0 aliphatic rings. The van der Waals surface area contributed by atoms with Crippen LogP contribution in [0.5, 0.6) is 0 Å². The van der Waals surface area contributed by atoms with Crippen LogP contribution in [0.3, 0.4) is 0 Å². The first-order valence-electron chi connectivity index (χ1n) is 5.57. The van der Waals surface area contributed by atoms with Crippen molar-refractivity contribution < 1.29 is 13.2 Å². The predicted molar refractivity (Wildman–Crippen MR) is 69.0 cm³/mol. The average molecular weight is 343 g/mol. The van der Waals surface area contributed by atoms with Gasteiger partial charge in [0.15, 0.2) is 0 Å². The van der Waals surface area contributed by atoms with Gasteiger partial charge in [-0.15, -0.1) is 0 Å². The lowest BCUT2D eigenvalue weighted by Gasteiger charge is -2.17. The van der Waals surface area contributed by atoms with E-state index in [1.807, 2.05) is 6.92 Å². The van der Waals surface area contributed by atoms with Gasteiger partial charge in [0.25, 0.3) is 5.56 Å². The van der Waals surface area contributed by atoms with E-state index in [1.165, 1.54) is 6.20 Å². The fourth-order valence-corrected chi connectivity index (χ4v) is 1.82. The van der Waals surface area contributed by atoms with Gasteiger partial charge in [-0.3, -0.25) is 4.79 Å². The second kappa shape index (κ2) is 6.38. The van der Waals surface area contributed by atoms with Gasteiger partial charge in [0.1, 0.15) is 11.0 Å². The summed E-state index contributed by atoms with van der Waals surface area (Å²) in [5.41, 5.74) is 5.00. The molecule has 0 spiro atoms. The first-order valence-corrected chi connectivity index (χ1v) is 6.36. The van der Waals surface area contributed by atoms with Crippen LogP contribution in [-0.4, -0.2) is 28.5 Å². The van der Waals surface area contributed by atoms with Crippen LogP contribution in [0.2, 0.25) is 0 Å². The maximum atomic E-state index is 12.2. The molecule has 1 atom stereocenters. The Bertz CT molecular complexity index is 485. The summed E-state index contributed by atoms with van der Waals surface area (Å²) >= 11 is 2.98. The predicted octanol–water partition coefficient (Wildman–Crippen LogP) is 1.72. The van der Waals surface area contributed by atoms with Crippen molar-refractivity contribution in [3.63, 3.8) is 0 Å². The number of alkyl halides is 3. The molecule has 3 N–H and O–H groups in total. The van der Waals surface area contributed by atoms with Crippen molar-refractivity contribution in [1.82, 2.24) is 9.78 Å². The zero-order valence-electron chi connectivity index (χ0n) is 10.2. The van der Waals surface area contributed by atoms with Gasteiger partial charge >= 0.3 is 6.18 Å². The van der Waals surface area contributed by atoms with Crippen LogP contribution in [-0.2, 0) is 6.54 Å². The molecule has 0 saturated heterocycles. The number of hydrogen-bond acceptors (Lipinski definition) is 4. The molecule has 108 valence electrons. The number of rotatable bonds is 5. The van der Waals surface area contributed by atoms with E-state index in [1.54, 1.807) is 0 Å². The van der Waals surface area contributed by atoms with Crippen molar-refractivity contribution in [2.24, 2.45) is 5.73 Å². The Morgan fingerprint density at radius 1 is 1.58 bits per heavy atom. The largest absolute Gasteiger partial charge is 0.408 e. The lowest BCUT2D eigenvalue weighted by molar-refractivity contribution is -0.143. The Labute approximate surface area is 116 Å². The standard InChI is InChI=1S/C10H14BrF3N4O/c1-2-6(3-15)17-7-4-16-18(5-10(12,13)14)9(19)8(7)11/h4,6,17H,2-3,5,15H2,1H3. The molecule has 1 aromatic rings. The van der Waals surface area contributed by atoms with Crippen LogP contribution in [0.4, 0.5) is 18.9 Å². The molecule has 0 aliphatic carbocycles. The highest BCUT2D eigenvalue weighted by atomic mass is 79.9. The molecule has 0 radical (unpaired) electrons. The number of aromatic nitrogens is 2. The fraction of sp³-hybridized carbons (Fsp3) is 0.600. The summed E-state index contributed by atoms with van der Waals surface area (Å²) < 4.78 is 37.0. The molecular formula is C10H14BrF3N4O. The smallest absolute Gasteiger partial charge is 0.379 e. The van der Waals surface area contributed by atoms with Crippen LogP contribution in [0, 0.1) is 0 Å². The zero-order valence-corrected chi connectivity index (χ0v) is 11.8. The maximum absolute atomic E-state index is 12.2. The van der Waals surface area contributed by atoms with E-state index >= 15 is 0 Å². The van der Waals surface area contributed by atoms with Crippen molar-refractivity contribution in [1.29, 1.82) is 0 Å². The SMILES string of the molecule is CCC(CN)Nc1cnn(CC(F)(F)F)c(=O)c1Br. The lowest BCUT2D eigenvalue weighted by Crippen LogP contribution is -2.33. The van der Waals surface area contributed by atoms with Gasteiger partial charge in [-0.2, -0.15) is 18.3 Å². The highest BCUT2D eigenvalue weighted by molar-refractivity contribution is 9.10. The topological polar surface area (TPSA) is 72.9 Å². The second-order valence-corrected chi connectivity index (χ2v) is 4.73. The zero-order chi connectivity index (χ0) is 14.6. The van der Waals surface area contributed by atoms with Gasteiger partial charge in [-0.25, -0.2) is 4.68 Å². The van der Waals surface area contributed by atoms with Crippen molar-refractivity contribution >= 4 is 21.6 Å². The summed E-state index contributed by atoms with van der Waals surface area (Å²) in [5.74, 6) is 0. The minimum Gasteiger partial charge on any atom is -0.379 e. The maximum Gasteiger partial charge on any atom is 0.408 e. The quantitative estimate of drug-likeness (QED) is 0.854. The molecule has 1 rings (SSSR count). The van der Waals surface area contributed by atoms with E-state index < -0.39 is 18.3 Å². The van der Waals surface area contributed by atoms with E-state index in [9.17, 15) is 18.0 Å². The number of nitrogens with two attached hydrogens (primary N) is 1. The van der Waals surface area contributed by atoms with E-state index in [-0.39, 0.29) is 10.5 Å². The lowest BCUT2D eigenvalue weighted by atomic mass is 10.2. The Morgan fingerprint density at radius 2 is 2.21 bits per heavy atom. The van der Waals surface area contributed by atoms with Gasteiger partial charge in [-0.05, 0) is 22.4 Å². The van der Waals surface area contributed by atoms with Crippen molar-refractivity contribution in [3.05, 3.63) is 21.0 Å². The van der Waals surface area contributed by atoms with Gasteiger partial charge < -0.3 is 11.1 Å². The van der Waals surface area contributed by atoms with Gasteiger partial charge in [0.05, 0.1) is 11.9 Å². The third kappa shape index (κ3) is 4.50. The number of halogens is 4. The number of nitrogens with one attached hydrogen (secondary N) is 1. The van der Waals surface area contributed by atoms with Gasteiger partial charge in [0.2, 0.25) is 0 Å². The Morgan fingerprint density at radius 3 is 2.68 bits per heavy atom. The van der Waals surface area contributed by atoms with E-state index in [4.69, 9.17) is 5.73 Å². The number of anilines is 1. The first kappa shape index (κ1) is 16.0. The normalized spacial score (nSPS) is 13.4. The van der Waals surface area contributed by atoms with Crippen LogP contribution in [0.15, 0.2) is 15.5 Å². The summed E-state index contributed by atoms with van der Waals surface area (Å²) in [6.45, 7) is 0.824.